The van der Waals surface area contributed by atoms with Gasteiger partial charge in [-0.15, -0.1) is 0 Å². The third-order valence-electron chi connectivity index (χ3n) is 3.53. The Bertz CT molecular complexity index is 600. The van der Waals surface area contributed by atoms with Crippen LogP contribution in [0.3, 0.4) is 0 Å². The average molecular weight is 369 g/mol. The van der Waals surface area contributed by atoms with Crippen molar-refractivity contribution in [2.24, 2.45) is 5.92 Å². The van der Waals surface area contributed by atoms with E-state index in [1.807, 2.05) is 6.07 Å². The number of nitrogens with zero attached hydrogens (tertiary/aromatic N) is 1. The van der Waals surface area contributed by atoms with Crippen LogP contribution in [0.2, 0.25) is 0 Å². The molecule has 0 N–H and O–H groups in total. The molecular weight excluding hydrogens is 341 g/mol. The topological polar surface area (TPSA) is 65.1 Å². The van der Waals surface area contributed by atoms with Gasteiger partial charge in [0.15, 0.2) is 0 Å². The highest BCUT2D eigenvalue weighted by Crippen LogP contribution is 2.31. The zero-order valence-electron chi connectivity index (χ0n) is 16.2. The highest BCUT2D eigenvalue weighted by molar-refractivity contribution is 5.84. The molecule has 0 saturated heterocycles. The normalized spacial score (nSPS) is 13.8. The minimum Gasteiger partial charge on any atom is -0.457 e. The van der Waals surface area contributed by atoms with Crippen molar-refractivity contribution in [2.45, 2.75) is 52.6 Å². The second-order valence-corrected chi connectivity index (χ2v) is 7.22. The van der Waals surface area contributed by atoms with Crippen molar-refractivity contribution in [3.05, 3.63) is 35.9 Å². The number of carbonyl (C=O) groups excluding carboxylic acids is 2. The molecule has 1 atom stereocenters. The van der Waals surface area contributed by atoms with Crippen molar-refractivity contribution in [2.75, 3.05) is 13.8 Å². The molecule has 0 aliphatic carbocycles. The molecule has 7 heteroatoms. The van der Waals surface area contributed by atoms with E-state index < -0.39 is 36.1 Å². The smallest absolute Gasteiger partial charge is 0.415 e. The van der Waals surface area contributed by atoms with Gasteiger partial charge >= 0.3 is 12.1 Å². The first-order valence-electron chi connectivity index (χ1n) is 8.42. The Kier molecular flexibility index (Phi) is 7.56. The van der Waals surface area contributed by atoms with Crippen LogP contribution in [-0.2, 0) is 25.6 Å². The minimum atomic E-state index is -2.73. The number of alkyl halides is 1. The van der Waals surface area contributed by atoms with Gasteiger partial charge < -0.3 is 14.2 Å². The summed E-state index contributed by atoms with van der Waals surface area (Å²) in [6.45, 7) is 7.36. The van der Waals surface area contributed by atoms with E-state index in [-0.39, 0.29) is 6.61 Å². The second-order valence-electron chi connectivity index (χ2n) is 7.22. The van der Waals surface area contributed by atoms with E-state index in [0.717, 1.165) is 0 Å². The maximum Gasteiger partial charge on any atom is 0.415 e. The summed E-state index contributed by atoms with van der Waals surface area (Å²) >= 11 is 0. The monoisotopic (exact) mass is 369 g/mol. The SMILES string of the molecule is COCN(C(=O)OC(C)(C)C)[C@](F)(C(=O)OCc1ccccc1)C(C)C. The molecule has 0 radical (unpaired) electrons. The second kappa shape index (κ2) is 8.98. The molecule has 1 aromatic rings. The number of hydrogen-bond donors (Lipinski definition) is 0. The molecule has 146 valence electrons. The quantitative estimate of drug-likeness (QED) is 0.414. The molecular formula is C19H28FNO5. The summed E-state index contributed by atoms with van der Waals surface area (Å²) in [4.78, 5) is 25.6. The Labute approximate surface area is 154 Å². The van der Waals surface area contributed by atoms with E-state index in [2.05, 4.69) is 0 Å². The van der Waals surface area contributed by atoms with Gasteiger partial charge in [-0.3, -0.25) is 0 Å². The highest BCUT2D eigenvalue weighted by Gasteiger charge is 2.53. The molecule has 0 aliphatic rings. The predicted octanol–water partition coefficient (Wildman–Crippen LogP) is 3.89. The summed E-state index contributed by atoms with van der Waals surface area (Å²) in [6, 6.07) is 8.90. The lowest BCUT2D eigenvalue weighted by Gasteiger charge is -2.38. The van der Waals surface area contributed by atoms with Crippen LogP contribution in [0.15, 0.2) is 30.3 Å². The van der Waals surface area contributed by atoms with Crippen molar-refractivity contribution in [3.63, 3.8) is 0 Å². The number of carbonyl (C=O) groups is 2. The fourth-order valence-corrected chi connectivity index (χ4v) is 2.21. The van der Waals surface area contributed by atoms with E-state index in [1.54, 1.807) is 45.0 Å². The molecule has 0 aromatic heterocycles. The van der Waals surface area contributed by atoms with Crippen molar-refractivity contribution < 1.29 is 28.2 Å². The number of ether oxygens (including phenoxy) is 3. The number of halogens is 1. The van der Waals surface area contributed by atoms with Crippen molar-refractivity contribution in [3.8, 4) is 0 Å². The molecule has 0 heterocycles. The summed E-state index contributed by atoms with van der Waals surface area (Å²) in [5.74, 6) is -4.78. The zero-order chi connectivity index (χ0) is 20.0. The molecule has 0 aliphatic heterocycles. The van der Waals surface area contributed by atoms with Gasteiger partial charge in [0.05, 0.1) is 0 Å². The number of methoxy groups -OCH3 is 1. The molecule has 6 nitrogen and oxygen atoms in total. The lowest BCUT2D eigenvalue weighted by atomic mass is 10.00. The van der Waals surface area contributed by atoms with Crippen LogP contribution in [0.4, 0.5) is 9.18 Å². The third-order valence-corrected chi connectivity index (χ3v) is 3.53. The summed E-state index contributed by atoms with van der Waals surface area (Å²) < 4.78 is 31.0. The molecule has 1 aromatic carbocycles. The number of hydrogen-bond acceptors (Lipinski definition) is 5. The summed E-state index contributed by atoms with van der Waals surface area (Å²) in [6.07, 6.45) is -0.993. The lowest BCUT2D eigenvalue weighted by Crippen LogP contribution is -2.59. The summed E-state index contributed by atoms with van der Waals surface area (Å²) in [5.41, 5.74) is -0.142. The van der Waals surface area contributed by atoms with Crippen LogP contribution in [0.1, 0.15) is 40.2 Å². The molecule has 0 bridgehead atoms. The Morgan fingerprint density at radius 1 is 1.15 bits per heavy atom. The third kappa shape index (κ3) is 5.69. The Morgan fingerprint density at radius 3 is 2.19 bits per heavy atom. The van der Waals surface area contributed by atoms with Gasteiger partial charge in [0.2, 0.25) is 0 Å². The Morgan fingerprint density at radius 2 is 1.73 bits per heavy atom. The van der Waals surface area contributed by atoms with Gasteiger partial charge in [-0.2, -0.15) is 0 Å². The van der Waals surface area contributed by atoms with Crippen LogP contribution in [0, 0.1) is 5.92 Å². The van der Waals surface area contributed by atoms with Crippen molar-refractivity contribution >= 4 is 12.1 Å². The van der Waals surface area contributed by atoms with Crippen LogP contribution in [0.25, 0.3) is 0 Å². The molecule has 26 heavy (non-hydrogen) atoms. The lowest BCUT2D eigenvalue weighted by molar-refractivity contribution is -0.187. The van der Waals surface area contributed by atoms with E-state index >= 15 is 4.39 Å². The van der Waals surface area contributed by atoms with E-state index in [1.165, 1.54) is 21.0 Å². The standard InChI is InChI=1S/C19H28FNO5/c1-14(2)19(20,16(22)25-12-15-10-8-7-9-11-15)21(13-24-6)17(23)26-18(3,4)5/h7-11,14H,12-13H2,1-6H3/t19-/m0/s1. The van der Waals surface area contributed by atoms with Crippen LogP contribution in [0.5, 0.6) is 0 Å². The van der Waals surface area contributed by atoms with Crippen molar-refractivity contribution in [1.29, 1.82) is 0 Å². The van der Waals surface area contributed by atoms with Gasteiger partial charge in [0.1, 0.15) is 18.9 Å². The van der Waals surface area contributed by atoms with Gasteiger partial charge in [0.25, 0.3) is 5.79 Å². The Balaban J connectivity index is 3.04. The fourth-order valence-electron chi connectivity index (χ4n) is 2.21. The first-order chi connectivity index (χ1) is 12.0. The van der Waals surface area contributed by atoms with Gasteiger partial charge in [-0.05, 0) is 26.3 Å². The van der Waals surface area contributed by atoms with E-state index in [0.29, 0.717) is 10.5 Å². The van der Waals surface area contributed by atoms with Gasteiger partial charge in [-0.25, -0.2) is 18.9 Å². The first-order valence-corrected chi connectivity index (χ1v) is 8.42. The molecule has 1 rings (SSSR count). The largest absolute Gasteiger partial charge is 0.457 e. The van der Waals surface area contributed by atoms with Crippen LogP contribution >= 0.6 is 0 Å². The minimum absolute atomic E-state index is 0.104. The fraction of sp³-hybridized carbons (Fsp3) is 0.579. The summed E-state index contributed by atoms with van der Waals surface area (Å²) in [5, 5.41) is 0. The number of amides is 1. The van der Waals surface area contributed by atoms with E-state index in [4.69, 9.17) is 14.2 Å². The first kappa shape index (κ1) is 21.9. The predicted molar refractivity (Wildman–Crippen MR) is 94.9 cm³/mol. The molecule has 0 fully saturated rings. The molecule has 1 amide bonds. The molecule has 0 unspecified atom stereocenters. The van der Waals surface area contributed by atoms with Crippen molar-refractivity contribution in [1.82, 2.24) is 4.90 Å². The van der Waals surface area contributed by atoms with Crippen LogP contribution in [-0.4, -0.2) is 42.2 Å². The zero-order valence-corrected chi connectivity index (χ0v) is 16.2. The van der Waals surface area contributed by atoms with Crippen LogP contribution < -0.4 is 0 Å². The summed E-state index contributed by atoms with van der Waals surface area (Å²) in [7, 11) is 1.30. The molecule has 0 saturated carbocycles. The number of rotatable bonds is 7. The average Bonchev–Trinajstić information content (AvgIpc) is 2.55. The molecule has 0 spiro atoms. The Hall–Kier alpha value is -2.15. The van der Waals surface area contributed by atoms with E-state index in [9.17, 15) is 9.59 Å². The van der Waals surface area contributed by atoms with Gasteiger partial charge in [0, 0.05) is 13.0 Å². The maximum absolute atomic E-state index is 15.8. The highest BCUT2D eigenvalue weighted by atomic mass is 19.1. The number of benzene rings is 1. The van der Waals surface area contributed by atoms with Gasteiger partial charge in [-0.1, -0.05) is 44.2 Å². The number of esters is 1. The maximum atomic E-state index is 15.8.